The molecule has 3 aliphatic rings. The van der Waals surface area contributed by atoms with E-state index in [0.29, 0.717) is 29.5 Å². The molecule has 0 N–H and O–H groups in total. The van der Waals surface area contributed by atoms with Crippen LogP contribution in [0.4, 0.5) is 0 Å². The highest BCUT2D eigenvalue weighted by Crippen LogP contribution is 2.38. The fourth-order valence-corrected chi connectivity index (χ4v) is 3.60. The van der Waals surface area contributed by atoms with Crippen molar-refractivity contribution >= 4 is 5.91 Å². The lowest BCUT2D eigenvalue weighted by Gasteiger charge is -2.17. The quantitative estimate of drug-likeness (QED) is 0.842. The minimum atomic E-state index is 0.0292. The van der Waals surface area contributed by atoms with Gasteiger partial charge < -0.3 is 23.8 Å². The average Bonchev–Trinajstić information content (AvgIpc) is 3.39. The van der Waals surface area contributed by atoms with Gasteiger partial charge in [-0.15, -0.1) is 0 Å². The number of benzene rings is 2. The van der Waals surface area contributed by atoms with Gasteiger partial charge in [0.25, 0.3) is 5.91 Å². The van der Waals surface area contributed by atoms with Crippen LogP contribution in [0, 0.1) is 0 Å². The van der Waals surface area contributed by atoms with E-state index >= 15 is 0 Å². The minimum absolute atomic E-state index is 0.0292. The second-order valence-corrected chi connectivity index (χ2v) is 6.42. The fraction of sp³-hybridized carbons (Fsp3) is 0.316. The van der Waals surface area contributed by atoms with Crippen LogP contribution in [-0.4, -0.2) is 37.5 Å². The Morgan fingerprint density at radius 3 is 2.36 bits per heavy atom. The van der Waals surface area contributed by atoms with Crippen LogP contribution in [0.2, 0.25) is 0 Å². The number of rotatable bonds is 2. The molecule has 1 fully saturated rings. The minimum Gasteiger partial charge on any atom is -0.454 e. The number of carbonyl (C=O) groups excluding carboxylic acids is 1. The van der Waals surface area contributed by atoms with Gasteiger partial charge in [0.1, 0.15) is 0 Å². The number of nitrogens with zero attached hydrogens (tertiary/aromatic N) is 1. The maximum atomic E-state index is 12.8. The summed E-state index contributed by atoms with van der Waals surface area (Å²) in [6, 6.07) is 11.4. The summed E-state index contributed by atoms with van der Waals surface area (Å²) < 4.78 is 21.5. The van der Waals surface area contributed by atoms with Crippen LogP contribution in [0.15, 0.2) is 36.4 Å². The van der Waals surface area contributed by atoms with E-state index in [-0.39, 0.29) is 19.5 Å². The summed E-state index contributed by atoms with van der Waals surface area (Å²) >= 11 is 0. The first-order chi connectivity index (χ1) is 12.3. The van der Waals surface area contributed by atoms with Crippen LogP contribution in [0.1, 0.15) is 28.3 Å². The third-order valence-electron chi connectivity index (χ3n) is 4.96. The van der Waals surface area contributed by atoms with Crippen LogP contribution in [-0.2, 0) is 0 Å². The van der Waals surface area contributed by atoms with Crippen molar-refractivity contribution in [2.45, 2.75) is 12.3 Å². The number of carbonyl (C=O) groups is 1. The lowest BCUT2D eigenvalue weighted by Crippen LogP contribution is -2.28. The maximum Gasteiger partial charge on any atom is 0.254 e. The second-order valence-electron chi connectivity index (χ2n) is 6.42. The molecular formula is C19H17NO5. The van der Waals surface area contributed by atoms with Gasteiger partial charge in [0, 0.05) is 24.6 Å². The smallest absolute Gasteiger partial charge is 0.254 e. The van der Waals surface area contributed by atoms with E-state index < -0.39 is 0 Å². The monoisotopic (exact) mass is 339 g/mol. The second kappa shape index (κ2) is 5.58. The van der Waals surface area contributed by atoms with Crippen LogP contribution in [0.3, 0.4) is 0 Å². The van der Waals surface area contributed by atoms with Crippen molar-refractivity contribution in [3.05, 3.63) is 47.5 Å². The summed E-state index contributed by atoms with van der Waals surface area (Å²) in [5.41, 5.74) is 1.82. The van der Waals surface area contributed by atoms with E-state index in [2.05, 4.69) is 6.07 Å². The number of amides is 1. The Hall–Kier alpha value is -2.89. The molecule has 25 heavy (non-hydrogen) atoms. The molecule has 1 amide bonds. The largest absolute Gasteiger partial charge is 0.454 e. The summed E-state index contributed by atoms with van der Waals surface area (Å²) in [6.07, 6.45) is 0.940. The van der Waals surface area contributed by atoms with E-state index in [1.165, 1.54) is 5.56 Å². The SMILES string of the molecule is O=C(c1ccc2c(c1)OCO2)N1CCC(c2ccc3c(c2)OCO3)C1. The lowest BCUT2D eigenvalue weighted by molar-refractivity contribution is 0.0790. The molecule has 2 aromatic carbocycles. The maximum absolute atomic E-state index is 12.8. The van der Waals surface area contributed by atoms with Crippen LogP contribution >= 0.6 is 0 Å². The Labute approximate surface area is 144 Å². The van der Waals surface area contributed by atoms with Crippen LogP contribution in [0.5, 0.6) is 23.0 Å². The van der Waals surface area contributed by atoms with E-state index in [9.17, 15) is 4.79 Å². The van der Waals surface area contributed by atoms with Gasteiger partial charge in [0.2, 0.25) is 13.6 Å². The summed E-state index contributed by atoms with van der Waals surface area (Å²) in [6.45, 7) is 1.93. The Morgan fingerprint density at radius 1 is 0.880 bits per heavy atom. The van der Waals surface area contributed by atoms with Gasteiger partial charge >= 0.3 is 0 Å². The van der Waals surface area contributed by atoms with E-state index in [1.807, 2.05) is 17.0 Å². The van der Waals surface area contributed by atoms with Gasteiger partial charge in [-0.2, -0.15) is 0 Å². The molecule has 128 valence electrons. The van der Waals surface area contributed by atoms with Crippen molar-refractivity contribution in [2.75, 3.05) is 26.7 Å². The first-order valence-electron chi connectivity index (χ1n) is 8.36. The molecule has 3 aliphatic heterocycles. The summed E-state index contributed by atoms with van der Waals surface area (Å²) in [5.74, 6) is 3.25. The zero-order chi connectivity index (χ0) is 16.8. The summed E-state index contributed by atoms with van der Waals surface area (Å²) in [7, 11) is 0. The van der Waals surface area contributed by atoms with Gasteiger partial charge in [-0.05, 0) is 42.3 Å². The zero-order valence-electron chi connectivity index (χ0n) is 13.6. The van der Waals surface area contributed by atoms with Crippen molar-refractivity contribution in [3.8, 4) is 23.0 Å². The zero-order valence-corrected chi connectivity index (χ0v) is 13.6. The normalized spacial score (nSPS) is 20.2. The Bertz CT molecular complexity index is 850. The first-order valence-corrected chi connectivity index (χ1v) is 8.36. The summed E-state index contributed by atoms with van der Waals surface area (Å²) in [5, 5.41) is 0. The number of fused-ring (bicyclic) bond motifs is 2. The number of hydrogen-bond acceptors (Lipinski definition) is 5. The topological polar surface area (TPSA) is 57.2 Å². The van der Waals surface area contributed by atoms with Crippen LogP contribution in [0.25, 0.3) is 0 Å². The fourth-order valence-electron chi connectivity index (χ4n) is 3.60. The first kappa shape index (κ1) is 14.5. The molecule has 5 rings (SSSR count). The number of ether oxygens (including phenoxy) is 4. The summed E-state index contributed by atoms with van der Waals surface area (Å²) in [4.78, 5) is 14.7. The molecule has 0 radical (unpaired) electrons. The predicted molar refractivity (Wildman–Crippen MR) is 88.4 cm³/mol. The van der Waals surface area contributed by atoms with Gasteiger partial charge in [-0.1, -0.05) is 6.07 Å². The molecule has 0 bridgehead atoms. The van der Waals surface area contributed by atoms with Gasteiger partial charge in [0.05, 0.1) is 0 Å². The molecule has 1 atom stereocenters. The molecule has 0 aliphatic carbocycles. The van der Waals surface area contributed by atoms with Gasteiger partial charge in [-0.25, -0.2) is 0 Å². The molecule has 2 aromatic rings. The van der Waals surface area contributed by atoms with Gasteiger partial charge in [0.15, 0.2) is 23.0 Å². The molecule has 0 aromatic heterocycles. The third kappa shape index (κ3) is 2.45. The van der Waals surface area contributed by atoms with E-state index in [0.717, 1.165) is 24.5 Å². The highest BCUT2D eigenvalue weighted by atomic mass is 16.7. The molecule has 1 saturated heterocycles. The van der Waals surface area contributed by atoms with Crippen molar-refractivity contribution in [1.82, 2.24) is 4.90 Å². The predicted octanol–water partition coefficient (Wildman–Crippen LogP) is 2.77. The number of likely N-dealkylation sites (tertiary alicyclic amines) is 1. The molecule has 0 spiro atoms. The molecule has 6 nitrogen and oxygen atoms in total. The van der Waals surface area contributed by atoms with Crippen molar-refractivity contribution in [2.24, 2.45) is 0 Å². The highest BCUT2D eigenvalue weighted by molar-refractivity contribution is 5.95. The highest BCUT2D eigenvalue weighted by Gasteiger charge is 2.30. The Kier molecular flexibility index (Phi) is 3.23. The van der Waals surface area contributed by atoms with Crippen molar-refractivity contribution in [1.29, 1.82) is 0 Å². The lowest BCUT2D eigenvalue weighted by atomic mass is 9.98. The van der Waals surface area contributed by atoms with Crippen LogP contribution < -0.4 is 18.9 Å². The average molecular weight is 339 g/mol. The van der Waals surface area contributed by atoms with E-state index in [1.54, 1.807) is 18.2 Å². The molecule has 3 heterocycles. The third-order valence-corrected chi connectivity index (χ3v) is 4.96. The molecular weight excluding hydrogens is 322 g/mol. The molecule has 6 heteroatoms. The van der Waals surface area contributed by atoms with E-state index in [4.69, 9.17) is 18.9 Å². The van der Waals surface area contributed by atoms with Crippen molar-refractivity contribution in [3.63, 3.8) is 0 Å². The molecule has 0 saturated carbocycles. The Balaban J connectivity index is 1.32. The number of hydrogen-bond donors (Lipinski definition) is 0. The van der Waals surface area contributed by atoms with Crippen molar-refractivity contribution < 1.29 is 23.7 Å². The van der Waals surface area contributed by atoms with Gasteiger partial charge in [-0.3, -0.25) is 4.79 Å². The Morgan fingerprint density at radius 2 is 1.56 bits per heavy atom. The standard InChI is InChI=1S/C19H17NO5/c21-19(13-2-4-16-18(8-13)25-11-23-16)20-6-5-14(9-20)12-1-3-15-17(7-12)24-10-22-15/h1-4,7-8,14H,5-6,9-11H2. The molecule has 1 unspecified atom stereocenters.